The SMILES string of the molecule is CC(C)[C@H](NC(=O)CCC(=O)N1CCN(S(=O)(=O)c2ccc(Cl)cc2)CC1)c1cccs1. The van der Waals surface area contributed by atoms with E-state index in [1.807, 2.05) is 31.4 Å². The highest BCUT2D eigenvalue weighted by atomic mass is 35.5. The lowest BCUT2D eigenvalue weighted by Gasteiger charge is -2.34. The molecule has 0 bridgehead atoms. The van der Waals surface area contributed by atoms with Crippen molar-refractivity contribution in [2.75, 3.05) is 26.2 Å². The van der Waals surface area contributed by atoms with Gasteiger partial charge in [-0.3, -0.25) is 9.59 Å². The van der Waals surface area contributed by atoms with Gasteiger partial charge in [-0.05, 0) is 41.6 Å². The third-order valence-corrected chi connectivity index (χ3v) is 8.56. The molecule has 1 atom stereocenters. The number of amides is 2. The van der Waals surface area contributed by atoms with Crippen molar-refractivity contribution in [3.63, 3.8) is 0 Å². The van der Waals surface area contributed by atoms with Crippen LogP contribution in [0.25, 0.3) is 0 Å². The zero-order chi connectivity index (χ0) is 23.3. The Morgan fingerprint density at radius 2 is 1.72 bits per heavy atom. The van der Waals surface area contributed by atoms with Crippen molar-refractivity contribution >= 4 is 44.8 Å². The lowest BCUT2D eigenvalue weighted by molar-refractivity contribution is -0.134. The first-order chi connectivity index (χ1) is 15.2. The molecule has 2 heterocycles. The fourth-order valence-corrected chi connectivity index (χ4v) is 6.09. The number of sulfonamides is 1. The number of thiophene rings is 1. The molecule has 1 aliphatic heterocycles. The second kappa shape index (κ2) is 10.8. The maximum atomic E-state index is 12.8. The number of nitrogens with one attached hydrogen (secondary N) is 1. The second-order valence-electron chi connectivity index (χ2n) is 8.04. The molecule has 2 amide bonds. The highest BCUT2D eigenvalue weighted by Gasteiger charge is 2.30. The second-order valence-corrected chi connectivity index (χ2v) is 11.4. The van der Waals surface area contributed by atoms with Gasteiger partial charge in [-0.15, -0.1) is 11.3 Å². The van der Waals surface area contributed by atoms with Crippen molar-refractivity contribution in [3.05, 3.63) is 51.7 Å². The summed E-state index contributed by atoms with van der Waals surface area (Å²) in [7, 11) is -3.62. The van der Waals surface area contributed by atoms with E-state index in [4.69, 9.17) is 11.6 Å². The fourth-order valence-electron chi connectivity index (χ4n) is 3.59. The number of hydrogen-bond donors (Lipinski definition) is 1. The summed E-state index contributed by atoms with van der Waals surface area (Å²) in [6.45, 7) is 5.14. The van der Waals surface area contributed by atoms with E-state index in [-0.39, 0.29) is 54.6 Å². The number of carbonyl (C=O) groups is 2. The summed E-state index contributed by atoms with van der Waals surface area (Å²) in [6.07, 6.45) is 0.210. The number of hydrogen-bond acceptors (Lipinski definition) is 5. The van der Waals surface area contributed by atoms with Gasteiger partial charge in [0, 0.05) is 48.9 Å². The molecule has 1 aliphatic rings. The van der Waals surface area contributed by atoms with Gasteiger partial charge in [0.1, 0.15) is 0 Å². The fraction of sp³-hybridized carbons (Fsp3) is 0.455. The monoisotopic (exact) mass is 497 g/mol. The molecule has 0 saturated carbocycles. The summed E-state index contributed by atoms with van der Waals surface area (Å²) in [6, 6.07) is 9.93. The molecule has 3 rings (SSSR count). The smallest absolute Gasteiger partial charge is 0.243 e. The molecule has 1 N–H and O–H groups in total. The van der Waals surface area contributed by atoms with Crippen LogP contribution in [-0.4, -0.2) is 55.6 Å². The summed E-state index contributed by atoms with van der Waals surface area (Å²) in [5, 5.41) is 5.48. The molecule has 0 aliphatic carbocycles. The molecule has 1 fully saturated rings. The summed E-state index contributed by atoms with van der Waals surface area (Å²) in [5.41, 5.74) is 0. The number of benzene rings is 1. The summed E-state index contributed by atoms with van der Waals surface area (Å²) in [5.74, 6) is -0.0562. The Hall–Kier alpha value is -1.94. The molecule has 10 heteroatoms. The van der Waals surface area contributed by atoms with E-state index in [0.29, 0.717) is 18.1 Å². The maximum Gasteiger partial charge on any atom is 0.243 e. The van der Waals surface area contributed by atoms with Crippen molar-refractivity contribution in [1.29, 1.82) is 0 Å². The molecule has 0 radical (unpaired) electrons. The Balaban J connectivity index is 1.48. The van der Waals surface area contributed by atoms with Gasteiger partial charge in [-0.1, -0.05) is 31.5 Å². The van der Waals surface area contributed by atoms with E-state index in [2.05, 4.69) is 5.32 Å². The molecule has 0 unspecified atom stereocenters. The average Bonchev–Trinajstić information content (AvgIpc) is 3.30. The van der Waals surface area contributed by atoms with Crippen LogP contribution in [0.3, 0.4) is 0 Å². The van der Waals surface area contributed by atoms with Crippen LogP contribution >= 0.6 is 22.9 Å². The predicted octanol–water partition coefficient (Wildman–Crippen LogP) is 3.53. The topological polar surface area (TPSA) is 86.8 Å². The van der Waals surface area contributed by atoms with E-state index in [1.54, 1.807) is 28.4 Å². The van der Waals surface area contributed by atoms with E-state index in [1.165, 1.54) is 16.4 Å². The van der Waals surface area contributed by atoms with Crippen LogP contribution in [0.15, 0.2) is 46.7 Å². The van der Waals surface area contributed by atoms with Crippen LogP contribution < -0.4 is 5.32 Å². The van der Waals surface area contributed by atoms with Crippen molar-refractivity contribution in [2.24, 2.45) is 5.92 Å². The van der Waals surface area contributed by atoms with Crippen LogP contribution in [0.5, 0.6) is 0 Å². The van der Waals surface area contributed by atoms with Gasteiger partial charge in [-0.2, -0.15) is 4.31 Å². The van der Waals surface area contributed by atoms with Gasteiger partial charge < -0.3 is 10.2 Å². The maximum absolute atomic E-state index is 12.8. The predicted molar refractivity (Wildman–Crippen MR) is 126 cm³/mol. The third-order valence-electron chi connectivity index (χ3n) is 5.44. The number of carbonyl (C=O) groups excluding carboxylic acids is 2. The molecule has 1 aromatic heterocycles. The lowest BCUT2D eigenvalue weighted by atomic mass is 10.0. The number of rotatable bonds is 8. The third kappa shape index (κ3) is 6.10. The molecule has 2 aromatic rings. The Kier molecular flexibility index (Phi) is 8.32. The van der Waals surface area contributed by atoms with Crippen LogP contribution in [0.2, 0.25) is 5.02 Å². The van der Waals surface area contributed by atoms with Crippen LogP contribution in [0.4, 0.5) is 0 Å². The van der Waals surface area contributed by atoms with Gasteiger partial charge >= 0.3 is 0 Å². The number of nitrogens with zero attached hydrogens (tertiary/aromatic N) is 2. The minimum atomic E-state index is -3.62. The lowest BCUT2D eigenvalue weighted by Crippen LogP contribution is -2.50. The van der Waals surface area contributed by atoms with Gasteiger partial charge in [-0.25, -0.2) is 8.42 Å². The molecular weight excluding hydrogens is 470 g/mol. The summed E-state index contributed by atoms with van der Waals surface area (Å²) in [4.78, 5) is 27.9. The molecular formula is C22H28ClN3O4S2. The molecule has 32 heavy (non-hydrogen) atoms. The molecule has 1 saturated heterocycles. The van der Waals surface area contributed by atoms with Gasteiger partial charge in [0.2, 0.25) is 21.8 Å². The first kappa shape index (κ1) is 24.7. The Bertz CT molecular complexity index is 1020. The first-order valence-electron chi connectivity index (χ1n) is 10.5. The van der Waals surface area contributed by atoms with Crippen LogP contribution in [0, 0.1) is 5.92 Å². The van der Waals surface area contributed by atoms with Crippen molar-refractivity contribution in [3.8, 4) is 0 Å². The van der Waals surface area contributed by atoms with Crippen molar-refractivity contribution in [2.45, 2.75) is 37.6 Å². The molecule has 174 valence electrons. The quantitative estimate of drug-likeness (QED) is 0.604. The van der Waals surface area contributed by atoms with Crippen LogP contribution in [-0.2, 0) is 19.6 Å². The molecule has 1 aromatic carbocycles. The minimum absolute atomic E-state index is 0.0702. The average molecular weight is 498 g/mol. The Labute approximate surface area is 198 Å². The van der Waals surface area contributed by atoms with E-state index < -0.39 is 10.0 Å². The molecule has 0 spiro atoms. The summed E-state index contributed by atoms with van der Waals surface area (Å²) < 4.78 is 26.9. The van der Waals surface area contributed by atoms with Crippen molar-refractivity contribution < 1.29 is 18.0 Å². The Morgan fingerprint density at radius 3 is 2.28 bits per heavy atom. The standard InChI is InChI=1S/C22H28ClN3O4S2/c1-16(2)22(19-4-3-15-31-19)24-20(27)9-10-21(28)25-11-13-26(14-12-25)32(29,30)18-7-5-17(23)6-8-18/h3-8,15-16,22H,9-14H2,1-2H3,(H,24,27)/t22-/m0/s1. The Morgan fingerprint density at radius 1 is 1.06 bits per heavy atom. The van der Waals surface area contributed by atoms with Gasteiger partial charge in [0.25, 0.3) is 0 Å². The molecule has 7 nitrogen and oxygen atoms in total. The normalized spacial score (nSPS) is 16.2. The van der Waals surface area contributed by atoms with Gasteiger partial charge in [0.05, 0.1) is 10.9 Å². The van der Waals surface area contributed by atoms with Crippen LogP contribution in [0.1, 0.15) is 37.6 Å². The largest absolute Gasteiger partial charge is 0.348 e. The zero-order valence-electron chi connectivity index (χ0n) is 18.2. The van der Waals surface area contributed by atoms with E-state index in [9.17, 15) is 18.0 Å². The van der Waals surface area contributed by atoms with E-state index >= 15 is 0 Å². The number of piperazine rings is 1. The highest BCUT2D eigenvalue weighted by Crippen LogP contribution is 2.26. The van der Waals surface area contributed by atoms with Crippen molar-refractivity contribution in [1.82, 2.24) is 14.5 Å². The van der Waals surface area contributed by atoms with E-state index in [0.717, 1.165) is 4.88 Å². The number of halogens is 1. The zero-order valence-corrected chi connectivity index (χ0v) is 20.5. The highest BCUT2D eigenvalue weighted by molar-refractivity contribution is 7.89. The summed E-state index contributed by atoms with van der Waals surface area (Å²) >= 11 is 7.44. The minimum Gasteiger partial charge on any atom is -0.348 e. The van der Waals surface area contributed by atoms with Gasteiger partial charge in [0.15, 0.2) is 0 Å². The first-order valence-corrected chi connectivity index (χ1v) is 13.2.